The zero-order chi connectivity index (χ0) is 16.6. The van der Waals surface area contributed by atoms with E-state index in [1.807, 2.05) is 4.72 Å². The molecule has 0 radical (unpaired) electrons. The largest absolute Gasteiger partial charge is 0.360 e. The maximum Gasteiger partial charge on any atom is 0.264 e. The van der Waals surface area contributed by atoms with Gasteiger partial charge in [0.05, 0.1) is 11.3 Å². The zero-order valence-electron chi connectivity index (χ0n) is 11.5. The van der Waals surface area contributed by atoms with Crippen LogP contribution in [0.3, 0.4) is 0 Å². The minimum Gasteiger partial charge on any atom is -0.360 e. The number of hydrogen-bond donors (Lipinski definition) is 2. The molecule has 5 nitrogen and oxygen atoms in total. The molecule has 1 aromatic heterocycles. The summed E-state index contributed by atoms with van der Waals surface area (Å²) in [6, 6.07) is 9.44. The highest BCUT2D eigenvalue weighted by Crippen LogP contribution is 2.26. The second-order valence-corrected chi connectivity index (χ2v) is 6.38. The Morgan fingerprint density at radius 1 is 1.13 bits per heavy atom. The average molecular weight is 333 g/mol. The fraction of sp³-hybridized carbons (Fsp3) is 0. The van der Waals surface area contributed by atoms with Gasteiger partial charge in [0.15, 0.2) is 0 Å². The number of nitrogens with one attached hydrogen (secondary N) is 2. The first-order chi connectivity index (χ1) is 10.9. The van der Waals surface area contributed by atoms with Crippen molar-refractivity contribution in [3.8, 4) is 6.07 Å². The third-order valence-corrected chi connectivity index (χ3v) is 4.67. The molecule has 116 valence electrons. The van der Waals surface area contributed by atoms with E-state index in [0.29, 0.717) is 23.0 Å². The number of sulfonamides is 1. The monoisotopic (exact) mass is 333 g/mol. The normalized spacial score (nSPS) is 11.3. The topological polar surface area (TPSA) is 85.8 Å². The fourth-order valence-corrected chi connectivity index (χ4v) is 3.42. The summed E-state index contributed by atoms with van der Waals surface area (Å²) >= 11 is 0. The third kappa shape index (κ3) is 2.62. The highest BCUT2D eigenvalue weighted by atomic mass is 32.2. The van der Waals surface area contributed by atoms with Crippen LogP contribution in [0.5, 0.6) is 0 Å². The van der Waals surface area contributed by atoms with Crippen LogP contribution in [0.2, 0.25) is 0 Å². The Morgan fingerprint density at radius 2 is 1.87 bits per heavy atom. The molecule has 0 bridgehead atoms. The molecule has 2 aromatic carbocycles. The second-order valence-electron chi connectivity index (χ2n) is 4.73. The van der Waals surface area contributed by atoms with E-state index in [2.05, 4.69) is 4.98 Å². The maximum absolute atomic E-state index is 13.9. The van der Waals surface area contributed by atoms with Crippen molar-refractivity contribution in [1.29, 1.82) is 5.26 Å². The molecule has 3 aromatic rings. The molecule has 0 saturated carbocycles. The van der Waals surface area contributed by atoms with Crippen LogP contribution in [0.1, 0.15) is 5.56 Å². The van der Waals surface area contributed by atoms with Gasteiger partial charge in [0, 0.05) is 23.2 Å². The number of benzene rings is 2. The number of aromatic amines is 1. The number of halogens is 2. The average Bonchev–Trinajstić information content (AvgIpc) is 2.95. The van der Waals surface area contributed by atoms with E-state index in [1.54, 1.807) is 24.3 Å². The Bertz CT molecular complexity index is 1050. The molecule has 0 amide bonds. The van der Waals surface area contributed by atoms with E-state index in [4.69, 9.17) is 5.26 Å². The van der Waals surface area contributed by atoms with Crippen LogP contribution >= 0.6 is 0 Å². The van der Waals surface area contributed by atoms with E-state index in [1.165, 1.54) is 12.3 Å². The summed E-state index contributed by atoms with van der Waals surface area (Å²) in [5.41, 5.74) is -0.469. The number of rotatable bonds is 3. The van der Waals surface area contributed by atoms with Gasteiger partial charge in [0.2, 0.25) is 0 Å². The summed E-state index contributed by atoms with van der Waals surface area (Å²) in [4.78, 5) is 2.71. The predicted molar refractivity (Wildman–Crippen MR) is 80.2 cm³/mol. The smallest absolute Gasteiger partial charge is 0.264 e. The van der Waals surface area contributed by atoms with Crippen molar-refractivity contribution in [3.63, 3.8) is 0 Å². The summed E-state index contributed by atoms with van der Waals surface area (Å²) in [5.74, 6) is -2.04. The number of nitrogens with zero attached hydrogens (tertiary/aromatic N) is 1. The van der Waals surface area contributed by atoms with Gasteiger partial charge in [0.25, 0.3) is 10.0 Å². The molecule has 0 unspecified atom stereocenters. The maximum atomic E-state index is 13.9. The van der Waals surface area contributed by atoms with Crippen molar-refractivity contribution >= 4 is 26.6 Å². The van der Waals surface area contributed by atoms with E-state index < -0.39 is 32.9 Å². The lowest BCUT2D eigenvalue weighted by molar-refractivity contribution is 0.593. The second kappa shape index (κ2) is 5.37. The van der Waals surface area contributed by atoms with Gasteiger partial charge in [-0.2, -0.15) is 5.26 Å². The first-order valence-electron chi connectivity index (χ1n) is 6.40. The number of anilines is 1. The summed E-state index contributed by atoms with van der Waals surface area (Å²) < 4.78 is 54.2. The molecule has 0 aliphatic carbocycles. The molecule has 8 heteroatoms. The molecule has 1 heterocycles. The summed E-state index contributed by atoms with van der Waals surface area (Å²) in [5, 5.41) is 9.06. The lowest BCUT2D eigenvalue weighted by atomic mass is 10.2. The zero-order valence-corrected chi connectivity index (χ0v) is 12.3. The van der Waals surface area contributed by atoms with Crippen molar-refractivity contribution in [1.82, 2.24) is 4.98 Å². The molecule has 0 atom stereocenters. The Morgan fingerprint density at radius 3 is 2.61 bits per heavy atom. The van der Waals surface area contributed by atoms with Crippen LogP contribution in [0.4, 0.5) is 14.5 Å². The van der Waals surface area contributed by atoms with Gasteiger partial charge < -0.3 is 4.98 Å². The molecule has 0 spiro atoms. The minimum atomic E-state index is -4.13. The van der Waals surface area contributed by atoms with Crippen LogP contribution in [0.25, 0.3) is 10.9 Å². The first-order valence-corrected chi connectivity index (χ1v) is 7.89. The number of hydrogen-bond acceptors (Lipinski definition) is 3. The Labute approximate surface area is 130 Å². The van der Waals surface area contributed by atoms with Gasteiger partial charge >= 0.3 is 0 Å². The number of H-pyrrole nitrogens is 1. The highest BCUT2D eigenvalue weighted by Gasteiger charge is 2.21. The molecule has 2 N–H and O–H groups in total. The summed E-state index contributed by atoms with van der Waals surface area (Å²) in [6.45, 7) is 0. The standard InChI is InChI=1S/C15H9F2N3O2S/c16-11-6-14(12(17)5-9(11)7-18)20-23(21,22)15-8-19-13-4-2-1-3-10(13)15/h1-6,8,19-20H. The number of nitriles is 1. The van der Waals surface area contributed by atoms with Crippen molar-refractivity contribution in [3.05, 3.63) is 59.8 Å². The SMILES string of the molecule is N#Cc1cc(F)c(NS(=O)(=O)c2c[nH]c3ccccc23)cc1F. The van der Waals surface area contributed by atoms with Gasteiger partial charge in [0.1, 0.15) is 22.6 Å². The lowest BCUT2D eigenvalue weighted by Gasteiger charge is -2.09. The molecule has 0 aliphatic rings. The van der Waals surface area contributed by atoms with Crippen LogP contribution in [0, 0.1) is 23.0 Å². The molecule has 3 rings (SSSR count). The summed E-state index contributed by atoms with van der Waals surface area (Å²) in [6.07, 6.45) is 1.27. The third-order valence-electron chi connectivity index (χ3n) is 3.26. The van der Waals surface area contributed by atoms with Crippen LogP contribution in [0.15, 0.2) is 47.5 Å². The van der Waals surface area contributed by atoms with E-state index in [9.17, 15) is 17.2 Å². The first kappa shape index (κ1) is 15.0. The van der Waals surface area contributed by atoms with Gasteiger partial charge in [-0.15, -0.1) is 0 Å². The quantitative estimate of drug-likeness (QED) is 0.772. The Kier molecular flexibility index (Phi) is 3.50. The highest BCUT2D eigenvalue weighted by molar-refractivity contribution is 7.93. The van der Waals surface area contributed by atoms with Gasteiger partial charge in [-0.05, 0) is 12.1 Å². The summed E-state index contributed by atoms with van der Waals surface area (Å²) in [7, 11) is -4.13. The lowest BCUT2D eigenvalue weighted by Crippen LogP contribution is -2.14. The fourth-order valence-electron chi connectivity index (χ4n) is 2.18. The Hall–Kier alpha value is -2.92. The van der Waals surface area contributed by atoms with Gasteiger partial charge in [-0.3, -0.25) is 4.72 Å². The predicted octanol–water partition coefficient (Wildman–Crippen LogP) is 3.12. The van der Waals surface area contributed by atoms with Crippen LogP contribution in [-0.2, 0) is 10.0 Å². The van der Waals surface area contributed by atoms with Crippen molar-refractivity contribution < 1.29 is 17.2 Å². The van der Waals surface area contributed by atoms with Crippen molar-refractivity contribution in [2.75, 3.05) is 4.72 Å². The van der Waals surface area contributed by atoms with Gasteiger partial charge in [-0.1, -0.05) is 18.2 Å². The minimum absolute atomic E-state index is 0.0859. The molecule has 23 heavy (non-hydrogen) atoms. The van der Waals surface area contributed by atoms with E-state index in [-0.39, 0.29) is 4.90 Å². The van der Waals surface area contributed by atoms with E-state index >= 15 is 0 Å². The van der Waals surface area contributed by atoms with Gasteiger partial charge in [-0.25, -0.2) is 17.2 Å². The molecule has 0 aliphatic heterocycles. The number of fused-ring (bicyclic) bond motifs is 1. The number of para-hydroxylation sites is 1. The van der Waals surface area contributed by atoms with E-state index in [0.717, 1.165) is 0 Å². The molecular weight excluding hydrogens is 324 g/mol. The van der Waals surface area contributed by atoms with Crippen molar-refractivity contribution in [2.24, 2.45) is 0 Å². The van der Waals surface area contributed by atoms with Crippen molar-refractivity contribution in [2.45, 2.75) is 4.90 Å². The molecular formula is C15H9F2N3O2S. The molecule has 0 fully saturated rings. The molecule has 0 saturated heterocycles. The van der Waals surface area contributed by atoms with Crippen LogP contribution in [-0.4, -0.2) is 13.4 Å². The van der Waals surface area contributed by atoms with Crippen LogP contribution < -0.4 is 4.72 Å². The Balaban J connectivity index is 2.06. The number of aromatic nitrogens is 1.